The van der Waals surface area contributed by atoms with Crippen molar-refractivity contribution in [1.82, 2.24) is 0 Å². The normalized spacial score (nSPS) is 11.8. The molecule has 0 aliphatic rings. The molecule has 0 heterocycles. The van der Waals surface area contributed by atoms with E-state index in [4.69, 9.17) is 0 Å². The van der Waals surface area contributed by atoms with Crippen LogP contribution >= 0.6 is 0 Å². The van der Waals surface area contributed by atoms with Crippen molar-refractivity contribution in [3.63, 3.8) is 0 Å². The number of rotatable bonds is 5. The van der Waals surface area contributed by atoms with E-state index < -0.39 is 12.1 Å². The maximum atomic E-state index is 12.5. The van der Waals surface area contributed by atoms with Crippen molar-refractivity contribution in [2.24, 2.45) is 0 Å². The van der Waals surface area contributed by atoms with Crippen LogP contribution in [-0.4, -0.2) is 12.1 Å². The van der Waals surface area contributed by atoms with Crippen LogP contribution in [0.5, 0.6) is 0 Å². The van der Waals surface area contributed by atoms with Gasteiger partial charge in [-0.2, -0.15) is 0 Å². The molecular weight excluding hydrogens is 174 g/mol. The second kappa shape index (κ2) is 9.13. The maximum absolute atomic E-state index is 12.5. The monoisotopic (exact) mass is 186 g/mol. The minimum atomic E-state index is -1.17. The molecule has 0 aliphatic carbocycles. The van der Waals surface area contributed by atoms with Gasteiger partial charge in [-0.15, -0.1) is 0 Å². The Kier molecular flexibility index (Phi) is 12.1. The molecule has 11 heavy (non-hydrogen) atoms. The van der Waals surface area contributed by atoms with Crippen LogP contribution in [0.1, 0.15) is 32.6 Å². The minimum absolute atomic E-state index is 0. The molecule has 0 aliphatic heterocycles. The topological polar surface area (TPSA) is 40.1 Å². The molecule has 0 amide bonds. The molecule has 0 aromatic carbocycles. The fourth-order valence-electron chi connectivity index (χ4n) is 0.732. The van der Waals surface area contributed by atoms with Gasteiger partial charge in [0, 0.05) is 5.97 Å². The Morgan fingerprint density at radius 2 is 2.09 bits per heavy atom. The van der Waals surface area contributed by atoms with Crippen LogP contribution in [0.3, 0.4) is 0 Å². The van der Waals surface area contributed by atoms with Crippen molar-refractivity contribution in [2.75, 3.05) is 0 Å². The van der Waals surface area contributed by atoms with Crippen molar-refractivity contribution in [3.8, 4) is 0 Å². The fourth-order valence-corrected chi connectivity index (χ4v) is 0.732. The van der Waals surface area contributed by atoms with Gasteiger partial charge in [-0.3, -0.25) is 0 Å². The van der Waals surface area contributed by atoms with Gasteiger partial charge in [0.05, 0.1) is 0 Å². The molecule has 0 aromatic heterocycles. The van der Waals surface area contributed by atoms with E-state index in [0.717, 1.165) is 6.42 Å². The Balaban J connectivity index is 0. The summed E-state index contributed by atoms with van der Waals surface area (Å²) in [4.78, 5) is 9.83. The molecule has 0 saturated heterocycles. The van der Waals surface area contributed by atoms with Crippen LogP contribution in [0.25, 0.3) is 0 Å². The number of carboxylic acid groups (broad SMARTS) is 1. The smallest absolute Gasteiger partial charge is 0.550 e. The van der Waals surface area contributed by atoms with E-state index in [2.05, 4.69) is 0 Å². The summed E-state index contributed by atoms with van der Waals surface area (Å²) in [5.74, 6) is -1.17. The molecule has 1 unspecified atom stereocenters. The van der Waals surface area contributed by atoms with Gasteiger partial charge in [-0.1, -0.05) is 13.3 Å². The first kappa shape index (κ1) is 14.6. The molecule has 4 heteroatoms. The van der Waals surface area contributed by atoms with E-state index in [9.17, 15) is 14.3 Å². The SMILES string of the molecule is CCCC(F)CCC(=O)[O-].[K+]. The minimum Gasteiger partial charge on any atom is -0.550 e. The zero-order valence-corrected chi connectivity index (χ0v) is 10.2. The van der Waals surface area contributed by atoms with Gasteiger partial charge < -0.3 is 9.90 Å². The summed E-state index contributed by atoms with van der Waals surface area (Å²) in [7, 11) is 0. The van der Waals surface area contributed by atoms with E-state index in [0.29, 0.717) is 6.42 Å². The molecule has 0 fully saturated rings. The Hall–Kier alpha value is 1.04. The standard InChI is InChI=1S/C7H13FO2.K/c1-2-3-6(8)4-5-7(9)10;/h6H,2-5H2,1H3,(H,9,10);/q;+1/p-1. The summed E-state index contributed by atoms with van der Waals surface area (Å²) in [6.45, 7) is 1.87. The Morgan fingerprint density at radius 1 is 1.55 bits per heavy atom. The number of alkyl halides is 1. The molecule has 2 nitrogen and oxygen atoms in total. The Morgan fingerprint density at radius 3 is 2.45 bits per heavy atom. The average Bonchev–Trinajstić information content (AvgIpc) is 1.85. The summed E-state index contributed by atoms with van der Waals surface area (Å²) in [6.07, 6.45) is 0.168. The fraction of sp³-hybridized carbons (Fsp3) is 0.857. The molecular formula is C7H12FKO2. The first-order valence-corrected chi connectivity index (χ1v) is 3.50. The molecule has 60 valence electrons. The Bertz CT molecular complexity index is 109. The van der Waals surface area contributed by atoms with Crippen molar-refractivity contribution in [2.45, 2.75) is 38.8 Å². The van der Waals surface area contributed by atoms with Gasteiger partial charge in [0.15, 0.2) is 0 Å². The second-order valence-corrected chi connectivity index (χ2v) is 2.30. The summed E-state index contributed by atoms with van der Waals surface area (Å²) < 4.78 is 12.5. The van der Waals surface area contributed by atoms with Gasteiger partial charge in [0.2, 0.25) is 0 Å². The molecule has 0 rings (SSSR count). The van der Waals surface area contributed by atoms with E-state index in [1.165, 1.54) is 0 Å². The zero-order valence-electron chi connectivity index (χ0n) is 7.10. The van der Waals surface area contributed by atoms with E-state index in [1.54, 1.807) is 0 Å². The number of carbonyl (C=O) groups excluding carboxylic acids is 1. The summed E-state index contributed by atoms with van der Waals surface area (Å²) in [5.41, 5.74) is 0. The number of carboxylic acids is 1. The number of halogens is 1. The predicted octanol–water partition coefficient (Wildman–Crippen LogP) is -2.34. The molecule has 0 saturated carbocycles. The number of carbonyl (C=O) groups is 1. The van der Waals surface area contributed by atoms with Crippen molar-refractivity contribution < 1.29 is 65.7 Å². The third-order valence-electron chi connectivity index (χ3n) is 1.26. The zero-order chi connectivity index (χ0) is 7.98. The van der Waals surface area contributed by atoms with Crippen molar-refractivity contribution in [3.05, 3.63) is 0 Å². The second-order valence-electron chi connectivity index (χ2n) is 2.30. The van der Waals surface area contributed by atoms with E-state index in [-0.39, 0.29) is 64.2 Å². The van der Waals surface area contributed by atoms with E-state index in [1.807, 2.05) is 6.92 Å². The number of aliphatic carboxylic acids is 1. The van der Waals surface area contributed by atoms with Gasteiger partial charge in [0.1, 0.15) is 6.17 Å². The predicted molar refractivity (Wildman–Crippen MR) is 34.0 cm³/mol. The van der Waals surface area contributed by atoms with Crippen molar-refractivity contribution >= 4 is 5.97 Å². The van der Waals surface area contributed by atoms with E-state index >= 15 is 0 Å². The molecule has 0 spiro atoms. The van der Waals surface area contributed by atoms with Crippen LogP contribution in [0.15, 0.2) is 0 Å². The van der Waals surface area contributed by atoms with Gasteiger partial charge >= 0.3 is 51.4 Å². The quantitative estimate of drug-likeness (QED) is 0.451. The van der Waals surface area contributed by atoms with Crippen LogP contribution in [0.2, 0.25) is 0 Å². The molecule has 0 aromatic rings. The van der Waals surface area contributed by atoms with Crippen molar-refractivity contribution in [1.29, 1.82) is 0 Å². The summed E-state index contributed by atoms with van der Waals surface area (Å²) in [5, 5.41) is 9.83. The molecule has 0 radical (unpaired) electrons. The largest absolute Gasteiger partial charge is 1.00 e. The molecule has 0 N–H and O–H groups in total. The number of hydrogen-bond donors (Lipinski definition) is 0. The third kappa shape index (κ3) is 11.0. The summed E-state index contributed by atoms with van der Waals surface area (Å²) in [6, 6.07) is 0. The Labute approximate surface area is 109 Å². The van der Waals surface area contributed by atoms with Gasteiger partial charge in [-0.25, -0.2) is 4.39 Å². The molecule has 0 bridgehead atoms. The number of hydrogen-bond acceptors (Lipinski definition) is 2. The first-order chi connectivity index (χ1) is 4.66. The van der Waals surface area contributed by atoms with Crippen LogP contribution in [0.4, 0.5) is 4.39 Å². The van der Waals surface area contributed by atoms with Gasteiger partial charge in [0.25, 0.3) is 0 Å². The third-order valence-corrected chi connectivity index (χ3v) is 1.26. The maximum Gasteiger partial charge on any atom is 1.00 e. The summed E-state index contributed by atoms with van der Waals surface area (Å²) >= 11 is 0. The van der Waals surface area contributed by atoms with Gasteiger partial charge in [-0.05, 0) is 19.3 Å². The van der Waals surface area contributed by atoms with Crippen LogP contribution < -0.4 is 56.5 Å². The first-order valence-electron chi connectivity index (χ1n) is 3.50. The van der Waals surface area contributed by atoms with Crippen LogP contribution in [-0.2, 0) is 4.79 Å². The van der Waals surface area contributed by atoms with Crippen LogP contribution in [0, 0.1) is 0 Å². The average molecular weight is 186 g/mol. The molecule has 1 atom stereocenters.